The number of amides is 3. The number of nitrogens with one attached hydrogen (secondary N) is 1. The molecule has 1 fully saturated rings. The van der Waals surface area contributed by atoms with Crippen LogP contribution in [0.25, 0.3) is 0 Å². The van der Waals surface area contributed by atoms with Gasteiger partial charge in [-0.15, -0.1) is 11.3 Å². The molecule has 1 N–H and O–H groups in total. The number of imide groups is 1. The normalized spacial score (nSPS) is 22.2. The van der Waals surface area contributed by atoms with Gasteiger partial charge in [0.25, 0.3) is 5.91 Å². The molecule has 3 amide bonds. The van der Waals surface area contributed by atoms with Crippen LogP contribution in [0.1, 0.15) is 22.5 Å². The van der Waals surface area contributed by atoms with Crippen LogP contribution >= 0.6 is 11.3 Å². The molecule has 2 aromatic rings. The average molecular weight is 352 g/mol. The smallest absolute Gasteiger partial charge is 0.265 e. The van der Waals surface area contributed by atoms with Gasteiger partial charge in [-0.3, -0.25) is 14.4 Å². The summed E-state index contributed by atoms with van der Waals surface area (Å²) in [7, 11) is 0. The lowest BCUT2D eigenvalue weighted by Gasteiger charge is -2.16. The van der Waals surface area contributed by atoms with Crippen LogP contribution in [0.2, 0.25) is 0 Å². The summed E-state index contributed by atoms with van der Waals surface area (Å²) in [6.07, 6.45) is 5.15. The molecule has 0 radical (unpaired) electrons. The van der Waals surface area contributed by atoms with Crippen LogP contribution in [0.4, 0.5) is 11.4 Å². The largest absolute Gasteiger partial charge is 0.321 e. The predicted octanol–water partition coefficient (Wildman–Crippen LogP) is 3.46. The fraction of sp³-hybridized carbons (Fsp3) is 0.211. The summed E-state index contributed by atoms with van der Waals surface area (Å²) in [5, 5.41) is 4.65. The predicted molar refractivity (Wildman–Crippen MR) is 96.6 cm³/mol. The molecule has 126 valence electrons. The quantitative estimate of drug-likeness (QED) is 0.679. The standard InChI is InChI=1S/C19H16N2O3S/c22-17(16-9-4-10-25-16)20-12-5-3-6-13(11-12)21-18(23)14-7-1-2-8-15(14)19(21)24/h1-6,9-11,14-15H,7-8H2,(H,20,22). The number of anilines is 2. The molecule has 1 aliphatic carbocycles. The van der Waals surface area contributed by atoms with Crippen LogP contribution in [-0.4, -0.2) is 17.7 Å². The average Bonchev–Trinajstić information content (AvgIpc) is 3.24. The van der Waals surface area contributed by atoms with Gasteiger partial charge in [0, 0.05) is 5.69 Å². The molecular formula is C19H16N2O3S. The number of rotatable bonds is 3. The van der Waals surface area contributed by atoms with Crippen LogP contribution in [0, 0.1) is 11.8 Å². The van der Waals surface area contributed by atoms with Gasteiger partial charge in [0.1, 0.15) is 0 Å². The third kappa shape index (κ3) is 2.78. The maximum atomic E-state index is 12.7. The number of hydrogen-bond donors (Lipinski definition) is 1. The van der Waals surface area contributed by atoms with Crippen molar-refractivity contribution in [2.75, 3.05) is 10.2 Å². The van der Waals surface area contributed by atoms with Crippen molar-refractivity contribution in [3.8, 4) is 0 Å². The molecule has 2 unspecified atom stereocenters. The lowest BCUT2D eigenvalue weighted by molar-refractivity contribution is -0.122. The van der Waals surface area contributed by atoms with Gasteiger partial charge in [-0.1, -0.05) is 24.3 Å². The first-order valence-electron chi connectivity index (χ1n) is 8.13. The van der Waals surface area contributed by atoms with E-state index in [1.54, 1.807) is 30.3 Å². The van der Waals surface area contributed by atoms with Crippen molar-refractivity contribution in [2.24, 2.45) is 11.8 Å². The van der Waals surface area contributed by atoms with Crippen molar-refractivity contribution in [1.29, 1.82) is 0 Å². The minimum absolute atomic E-state index is 0.152. The van der Waals surface area contributed by atoms with Crippen molar-refractivity contribution < 1.29 is 14.4 Å². The molecule has 2 aliphatic rings. The Morgan fingerprint density at radius 3 is 2.40 bits per heavy atom. The molecular weight excluding hydrogens is 336 g/mol. The minimum atomic E-state index is -0.262. The minimum Gasteiger partial charge on any atom is -0.321 e. The summed E-state index contributed by atoms with van der Waals surface area (Å²) < 4.78 is 0. The van der Waals surface area contributed by atoms with Crippen molar-refractivity contribution in [1.82, 2.24) is 0 Å². The highest BCUT2D eigenvalue weighted by Gasteiger charge is 2.47. The first-order valence-corrected chi connectivity index (χ1v) is 9.01. The van der Waals surface area contributed by atoms with E-state index in [1.807, 2.05) is 23.6 Å². The number of allylic oxidation sites excluding steroid dienone is 2. The highest BCUT2D eigenvalue weighted by atomic mass is 32.1. The molecule has 5 nitrogen and oxygen atoms in total. The van der Waals surface area contributed by atoms with Gasteiger partial charge < -0.3 is 5.32 Å². The van der Waals surface area contributed by atoms with E-state index in [-0.39, 0.29) is 29.6 Å². The Labute approximate surface area is 149 Å². The maximum absolute atomic E-state index is 12.7. The van der Waals surface area contributed by atoms with Gasteiger partial charge in [-0.05, 0) is 42.5 Å². The second-order valence-electron chi connectivity index (χ2n) is 6.15. The van der Waals surface area contributed by atoms with E-state index in [0.717, 1.165) is 0 Å². The molecule has 2 heterocycles. The SMILES string of the molecule is O=C(Nc1cccc(N2C(=O)C3CC=CCC3C2=O)c1)c1cccs1. The number of benzene rings is 1. The van der Waals surface area contributed by atoms with Crippen LogP contribution in [-0.2, 0) is 9.59 Å². The zero-order chi connectivity index (χ0) is 17.4. The van der Waals surface area contributed by atoms with E-state index in [9.17, 15) is 14.4 Å². The van der Waals surface area contributed by atoms with Crippen molar-refractivity contribution in [3.63, 3.8) is 0 Å². The Balaban J connectivity index is 1.58. The number of carbonyl (C=O) groups is 3. The highest BCUT2D eigenvalue weighted by molar-refractivity contribution is 7.12. The molecule has 1 aromatic carbocycles. The molecule has 0 bridgehead atoms. The lowest BCUT2D eigenvalue weighted by atomic mass is 9.85. The van der Waals surface area contributed by atoms with Gasteiger partial charge in [-0.2, -0.15) is 0 Å². The van der Waals surface area contributed by atoms with Gasteiger partial charge in [0.05, 0.1) is 22.4 Å². The summed E-state index contributed by atoms with van der Waals surface area (Å²) in [6.45, 7) is 0. The second-order valence-corrected chi connectivity index (χ2v) is 7.10. The molecule has 2 atom stereocenters. The molecule has 25 heavy (non-hydrogen) atoms. The summed E-state index contributed by atoms with van der Waals surface area (Å²) in [5.74, 6) is -1.03. The summed E-state index contributed by atoms with van der Waals surface area (Å²) in [6, 6.07) is 10.4. The number of thiophene rings is 1. The van der Waals surface area contributed by atoms with Crippen LogP contribution in [0.15, 0.2) is 53.9 Å². The second kappa shape index (κ2) is 6.29. The van der Waals surface area contributed by atoms with Gasteiger partial charge in [0.2, 0.25) is 11.8 Å². The first kappa shape index (κ1) is 15.8. The fourth-order valence-electron chi connectivity index (χ4n) is 3.38. The topological polar surface area (TPSA) is 66.5 Å². The maximum Gasteiger partial charge on any atom is 0.265 e. The Kier molecular flexibility index (Phi) is 3.97. The monoisotopic (exact) mass is 352 g/mol. The van der Waals surface area contributed by atoms with E-state index in [2.05, 4.69) is 5.32 Å². The molecule has 1 saturated heterocycles. The third-order valence-electron chi connectivity index (χ3n) is 4.61. The fourth-order valence-corrected chi connectivity index (χ4v) is 4.00. The Morgan fingerprint density at radius 2 is 1.76 bits per heavy atom. The molecule has 0 spiro atoms. The first-order chi connectivity index (χ1) is 12.1. The molecule has 1 aromatic heterocycles. The number of carbonyl (C=O) groups excluding carboxylic acids is 3. The molecule has 0 saturated carbocycles. The van der Waals surface area contributed by atoms with Crippen LogP contribution < -0.4 is 10.2 Å². The van der Waals surface area contributed by atoms with Crippen molar-refractivity contribution in [2.45, 2.75) is 12.8 Å². The van der Waals surface area contributed by atoms with E-state index in [0.29, 0.717) is 29.1 Å². The van der Waals surface area contributed by atoms with Crippen LogP contribution in [0.5, 0.6) is 0 Å². The zero-order valence-electron chi connectivity index (χ0n) is 13.3. The van der Waals surface area contributed by atoms with E-state index in [4.69, 9.17) is 0 Å². The highest BCUT2D eigenvalue weighted by Crippen LogP contribution is 2.38. The van der Waals surface area contributed by atoms with E-state index >= 15 is 0 Å². The Bertz CT molecular complexity index is 847. The summed E-state index contributed by atoms with van der Waals surface area (Å²) in [4.78, 5) is 39.4. The summed E-state index contributed by atoms with van der Waals surface area (Å²) in [5.41, 5.74) is 1.07. The van der Waals surface area contributed by atoms with Gasteiger partial charge in [0.15, 0.2) is 0 Å². The molecule has 1 aliphatic heterocycles. The van der Waals surface area contributed by atoms with Crippen LogP contribution in [0.3, 0.4) is 0 Å². The van der Waals surface area contributed by atoms with Crippen molar-refractivity contribution in [3.05, 3.63) is 58.8 Å². The lowest BCUT2D eigenvalue weighted by Crippen LogP contribution is -2.30. The van der Waals surface area contributed by atoms with Gasteiger partial charge >= 0.3 is 0 Å². The zero-order valence-corrected chi connectivity index (χ0v) is 14.2. The van der Waals surface area contributed by atoms with E-state index in [1.165, 1.54) is 16.2 Å². The van der Waals surface area contributed by atoms with Crippen molar-refractivity contribution >= 4 is 40.4 Å². The number of fused-ring (bicyclic) bond motifs is 1. The number of nitrogens with zero attached hydrogens (tertiary/aromatic N) is 1. The third-order valence-corrected chi connectivity index (χ3v) is 5.48. The van der Waals surface area contributed by atoms with E-state index < -0.39 is 0 Å². The van der Waals surface area contributed by atoms with Gasteiger partial charge in [-0.25, -0.2) is 4.90 Å². The Morgan fingerprint density at radius 1 is 1.04 bits per heavy atom. The molecule has 6 heteroatoms. The molecule has 4 rings (SSSR count). The number of hydrogen-bond acceptors (Lipinski definition) is 4. The summed E-state index contributed by atoms with van der Waals surface area (Å²) >= 11 is 1.36. The Hall–Kier alpha value is -2.73.